The van der Waals surface area contributed by atoms with E-state index in [-0.39, 0.29) is 16.0 Å². The first-order valence-corrected chi connectivity index (χ1v) is 8.08. The van der Waals surface area contributed by atoms with E-state index in [1.165, 1.54) is 19.2 Å². The van der Waals surface area contributed by atoms with Gasteiger partial charge in [0.05, 0.1) is 30.4 Å². The van der Waals surface area contributed by atoms with Gasteiger partial charge >= 0.3 is 0 Å². The summed E-state index contributed by atoms with van der Waals surface area (Å²) in [6.07, 6.45) is 0.819. The van der Waals surface area contributed by atoms with Crippen LogP contribution in [0.3, 0.4) is 0 Å². The molecule has 1 amide bonds. The van der Waals surface area contributed by atoms with Crippen molar-refractivity contribution in [3.05, 3.63) is 45.9 Å². The maximum atomic E-state index is 12.4. The van der Waals surface area contributed by atoms with E-state index >= 15 is 0 Å². The molecule has 1 N–H and O–H groups in total. The largest absolute Gasteiger partial charge is 0.494 e. The Morgan fingerprint density at radius 2 is 1.75 bits per heavy atom. The molecule has 2 aromatic rings. The van der Waals surface area contributed by atoms with Gasteiger partial charge in [0.2, 0.25) is 0 Å². The van der Waals surface area contributed by atoms with Gasteiger partial charge in [-0.15, -0.1) is 0 Å². The Balaban J connectivity index is 1.81. The highest BCUT2D eigenvalue weighted by molar-refractivity contribution is 6.37. The number of hydrogen-bond donors (Lipinski definition) is 1. The number of ether oxygens (including phenoxy) is 3. The summed E-state index contributed by atoms with van der Waals surface area (Å²) in [5.41, 5.74) is 0.922. The van der Waals surface area contributed by atoms with Gasteiger partial charge in [0.1, 0.15) is 0 Å². The zero-order valence-electron chi connectivity index (χ0n) is 12.9. The molecule has 1 heterocycles. The van der Waals surface area contributed by atoms with Crippen LogP contribution in [-0.2, 0) is 0 Å². The molecule has 7 heteroatoms. The fourth-order valence-corrected chi connectivity index (χ4v) is 2.97. The number of hydrogen-bond acceptors (Lipinski definition) is 4. The molecule has 2 aromatic carbocycles. The molecule has 0 saturated carbocycles. The monoisotopic (exact) mass is 367 g/mol. The van der Waals surface area contributed by atoms with Gasteiger partial charge < -0.3 is 19.5 Å². The lowest BCUT2D eigenvalue weighted by Gasteiger charge is -2.12. The second kappa shape index (κ2) is 7.20. The van der Waals surface area contributed by atoms with E-state index in [0.29, 0.717) is 41.7 Å². The first-order chi connectivity index (χ1) is 11.6. The van der Waals surface area contributed by atoms with Crippen molar-refractivity contribution < 1.29 is 19.0 Å². The Morgan fingerprint density at radius 1 is 1.08 bits per heavy atom. The summed E-state index contributed by atoms with van der Waals surface area (Å²) < 4.78 is 16.3. The van der Waals surface area contributed by atoms with Crippen molar-refractivity contribution in [2.75, 3.05) is 25.6 Å². The number of carbonyl (C=O) groups is 1. The molecular formula is C17H15Cl2NO4. The van der Waals surface area contributed by atoms with Crippen LogP contribution >= 0.6 is 23.2 Å². The summed E-state index contributed by atoms with van der Waals surface area (Å²) in [5, 5.41) is 3.33. The highest BCUT2D eigenvalue weighted by atomic mass is 35.5. The number of rotatable bonds is 3. The van der Waals surface area contributed by atoms with Gasteiger partial charge in [-0.25, -0.2) is 0 Å². The lowest BCUT2D eigenvalue weighted by atomic mass is 10.2. The summed E-state index contributed by atoms with van der Waals surface area (Å²) in [6, 6.07) is 8.25. The molecule has 1 aliphatic heterocycles. The quantitative estimate of drug-likeness (QED) is 0.872. The van der Waals surface area contributed by atoms with Crippen molar-refractivity contribution in [2.45, 2.75) is 6.42 Å². The van der Waals surface area contributed by atoms with Gasteiger partial charge in [-0.05, 0) is 24.3 Å². The second-order valence-corrected chi connectivity index (χ2v) is 5.95. The van der Waals surface area contributed by atoms with Crippen molar-refractivity contribution in [1.29, 1.82) is 0 Å². The molecule has 0 atom stereocenters. The number of carbonyl (C=O) groups excluding carboxylic acids is 1. The van der Waals surface area contributed by atoms with Gasteiger partial charge in [-0.2, -0.15) is 0 Å². The van der Waals surface area contributed by atoms with Crippen LogP contribution in [0, 0.1) is 0 Å². The summed E-state index contributed by atoms with van der Waals surface area (Å²) in [5.74, 6) is 1.28. The van der Waals surface area contributed by atoms with Crippen molar-refractivity contribution in [2.24, 2.45) is 0 Å². The number of fused-ring (bicyclic) bond motifs is 1. The third-order valence-corrected chi connectivity index (χ3v) is 4.03. The summed E-state index contributed by atoms with van der Waals surface area (Å²) in [4.78, 5) is 12.4. The van der Waals surface area contributed by atoms with Gasteiger partial charge in [-0.3, -0.25) is 4.79 Å². The Kier molecular flexibility index (Phi) is 5.02. The van der Waals surface area contributed by atoms with Gasteiger partial charge in [-0.1, -0.05) is 23.2 Å². The topological polar surface area (TPSA) is 56.8 Å². The van der Waals surface area contributed by atoms with Crippen molar-refractivity contribution >= 4 is 34.8 Å². The van der Waals surface area contributed by atoms with Crippen LogP contribution in [0.4, 0.5) is 5.69 Å². The maximum Gasteiger partial charge on any atom is 0.255 e. The molecular weight excluding hydrogens is 353 g/mol. The minimum absolute atomic E-state index is 0.272. The molecule has 1 aliphatic rings. The molecule has 0 saturated heterocycles. The van der Waals surface area contributed by atoms with Crippen molar-refractivity contribution in [3.8, 4) is 17.2 Å². The smallest absolute Gasteiger partial charge is 0.255 e. The Hall–Kier alpha value is -2.11. The second-order valence-electron chi connectivity index (χ2n) is 5.14. The highest BCUT2D eigenvalue weighted by Gasteiger charge is 2.15. The molecule has 0 spiro atoms. The first kappa shape index (κ1) is 16.7. The molecule has 0 unspecified atom stereocenters. The predicted octanol–water partition coefficient (Wildman–Crippen LogP) is 4.42. The number of nitrogens with one attached hydrogen (secondary N) is 1. The fourth-order valence-electron chi connectivity index (χ4n) is 2.33. The maximum absolute atomic E-state index is 12.4. The van der Waals surface area contributed by atoms with Crippen LogP contribution in [0.5, 0.6) is 17.2 Å². The van der Waals surface area contributed by atoms with Gasteiger partial charge in [0.25, 0.3) is 5.91 Å². The minimum atomic E-state index is -0.337. The SMILES string of the molecule is COc1c(Cl)cc(C(=O)Nc2ccc3c(c2)OCCCO3)cc1Cl. The first-order valence-electron chi connectivity index (χ1n) is 7.32. The Bertz CT molecular complexity index is 756. The minimum Gasteiger partial charge on any atom is -0.494 e. The van der Waals surface area contributed by atoms with E-state index in [0.717, 1.165) is 6.42 Å². The summed E-state index contributed by atoms with van der Waals surface area (Å²) in [7, 11) is 1.46. The van der Waals surface area contributed by atoms with E-state index in [1.807, 2.05) is 0 Å². The van der Waals surface area contributed by atoms with E-state index in [9.17, 15) is 4.79 Å². The molecule has 0 fully saturated rings. The van der Waals surface area contributed by atoms with Crippen LogP contribution in [0.1, 0.15) is 16.8 Å². The van der Waals surface area contributed by atoms with E-state index in [1.54, 1.807) is 18.2 Å². The van der Waals surface area contributed by atoms with Gasteiger partial charge in [0.15, 0.2) is 17.2 Å². The molecule has 5 nitrogen and oxygen atoms in total. The number of halogens is 2. The number of amides is 1. The van der Waals surface area contributed by atoms with Crippen molar-refractivity contribution in [3.63, 3.8) is 0 Å². The molecule has 24 heavy (non-hydrogen) atoms. The summed E-state index contributed by atoms with van der Waals surface area (Å²) >= 11 is 12.1. The van der Waals surface area contributed by atoms with Crippen LogP contribution < -0.4 is 19.5 Å². The van der Waals surface area contributed by atoms with Crippen LogP contribution in [0.25, 0.3) is 0 Å². The molecule has 0 bridgehead atoms. The summed E-state index contributed by atoms with van der Waals surface area (Å²) in [6.45, 7) is 1.19. The number of anilines is 1. The van der Waals surface area contributed by atoms with Crippen LogP contribution in [-0.4, -0.2) is 26.2 Å². The van der Waals surface area contributed by atoms with Crippen molar-refractivity contribution in [1.82, 2.24) is 0 Å². The zero-order valence-corrected chi connectivity index (χ0v) is 14.4. The average Bonchev–Trinajstić information content (AvgIpc) is 2.79. The zero-order chi connectivity index (χ0) is 17.1. The lowest BCUT2D eigenvalue weighted by Crippen LogP contribution is -2.12. The molecule has 0 radical (unpaired) electrons. The molecule has 0 aliphatic carbocycles. The van der Waals surface area contributed by atoms with E-state index in [4.69, 9.17) is 37.4 Å². The normalized spacial score (nSPS) is 13.1. The van der Waals surface area contributed by atoms with Gasteiger partial charge in [0, 0.05) is 23.7 Å². The third-order valence-electron chi connectivity index (χ3n) is 3.47. The fraction of sp³-hybridized carbons (Fsp3) is 0.235. The number of methoxy groups -OCH3 is 1. The molecule has 126 valence electrons. The Labute approximate surface area is 149 Å². The van der Waals surface area contributed by atoms with E-state index < -0.39 is 0 Å². The highest BCUT2D eigenvalue weighted by Crippen LogP contribution is 2.35. The predicted molar refractivity (Wildman–Crippen MR) is 93.0 cm³/mol. The molecule has 3 rings (SSSR count). The standard InChI is InChI=1S/C17H15Cl2NO4/c1-22-16-12(18)7-10(8-13(16)19)17(21)20-11-3-4-14-15(9-11)24-6-2-5-23-14/h3-4,7-9H,2,5-6H2,1H3,(H,20,21). The van der Waals surface area contributed by atoms with Crippen LogP contribution in [0.15, 0.2) is 30.3 Å². The third kappa shape index (κ3) is 3.52. The molecule has 0 aromatic heterocycles. The van der Waals surface area contributed by atoms with E-state index in [2.05, 4.69) is 5.32 Å². The van der Waals surface area contributed by atoms with Crippen LogP contribution in [0.2, 0.25) is 10.0 Å². The number of benzene rings is 2. The Morgan fingerprint density at radius 3 is 2.42 bits per heavy atom. The average molecular weight is 368 g/mol. The lowest BCUT2D eigenvalue weighted by molar-refractivity contribution is 0.102.